The molecule has 12 heavy (non-hydrogen) atoms. The van der Waals surface area contributed by atoms with Crippen LogP contribution in [0.25, 0.3) is 0 Å². The molecular weight excluding hydrogens is 218 g/mol. The number of pyridine rings is 1. The van der Waals surface area contributed by atoms with E-state index >= 15 is 0 Å². The molecule has 1 aromatic heterocycles. The molecule has 0 unspecified atom stereocenters. The lowest BCUT2D eigenvalue weighted by atomic mass is 10.3. The molecule has 0 aliphatic rings. The lowest BCUT2D eigenvalue weighted by molar-refractivity contribution is 0.641. The number of alkyl halides is 1. The van der Waals surface area contributed by atoms with Crippen LogP contribution in [0.1, 0.15) is 12.1 Å². The van der Waals surface area contributed by atoms with Crippen LogP contribution in [0.2, 0.25) is 0 Å². The average molecular weight is 230 g/mol. The van der Waals surface area contributed by atoms with Crippen molar-refractivity contribution in [1.29, 1.82) is 0 Å². The maximum atomic E-state index is 11.3. The summed E-state index contributed by atoms with van der Waals surface area (Å²) in [5.41, 5.74) is 1.12. The van der Waals surface area contributed by atoms with Gasteiger partial charge in [0.1, 0.15) is 0 Å². The normalized spacial score (nSPS) is 10.2. The van der Waals surface area contributed by atoms with Gasteiger partial charge in [0, 0.05) is 23.6 Å². The van der Waals surface area contributed by atoms with E-state index in [1.807, 2.05) is 13.0 Å². The highest BCUT2D eigenvalue weighted by molar-refractivity contribution is 9.09. The first kappa shape index (κ1) is 9.52. The molecular formula is C9H12BrNO. The molecule has 0 aromatic carbocycles. The van der Waals surface area contributed by atoms with Crippen molar-refractivity contribution >= 4 is 15.9 Å². The molecule has 1 heterocycles. The predicted molar refractivity (Wildman–Crippen MR) is 53.9 cm³/mol. The van der Waals surface area contributed by atoms with Crippen LogP contribution < -0.4 is 5.56 Å². The number of aryl methyl sites for hydroxylation is 1. The molecule has 0 saturated carbocycles. The second kappa shape index (κ2) is 4.45. The van der Waals surface area contributed by atoms with Crippen LogP contribution in [0.5, 0.6) is 0 Å². The van der Waals surface area contributed by atoms with Crippen molar-refractivity contribution in [2.24, 2.45) is 0 Å². The SMILES string of the molecule is Cc1cccc(=O)n1CCCBr. The summed E-state index contributed by atoms with van der Waals surface area (Å²) in [7, 11) is 0. The summed E-state index contributed by atoms with van der Waals surface area (Å²) in [5.74, 6) is 0. The molecule has 0 fully saturated rings. The smallest absolute Gasteiger partial charge is 0.250 e. The number of hydrogen-bond acceptors (Lipinski definition) is 1. The number of rotatable bonds is 3. The zero-order valence-corrected chi connectivity index (χ0v) is 8.67. The molecule has 0 aliphatic carbocycles. The highest BCUT2D eigenvalue weighted by atomic mass is 79.9. The van der Waals surface area contributed by atoms with Gasteiger partial charge in [-0.25, -0.2) is 0 Å². The number of aromatic nitrogens is 1. The number of nitrogens with zero attached hydrogens (tertiary/aromatic N) is 1. The minimum atomic E-state index is 0.0935. The summed E-state index contributed by atoms with van der Waals surface area (Å²) in [6.45, 7) is 2.76. The zero-order valence-electron chi connectivity index (χ0n) is 7.09. The van der Waals surface area contributed by atoms with Gasteiger partial charge < -0.3 is 4.57 Å². The Kier molecular flexibility index (Phi) is 3.53. The van der Waals surface area contributed by atoms with E-state index in [-0.39, 0.29) is 5.56 Å². The van der Waals surface area contributed by atoms with Crippen molar-refractivity contribution in [1.82, 2.24) is 4.57 Å². The van der Waals surface area contributed by atoms with Crippen molar-refractivity contribution in [3.05, 3.63) is 34.2 Å². The zero-order chi connectivity index (χ0) is 8.97. The van der Waals surface area contributed by atoms with Gasteiger partial charge in [0.2, 0.25) is 0 Å². The van der Waals surface area contributed by atoms with Gasteiger partial charge in [-0.3, -0.25) is 4.79 Å². The first-order valence-electron chi connectivity index (χ1n) is 3.98. The Bertz CT molecular complexity index is 306. The van der Waals surface area contributed by atoms with E-state index in [2.05, 4.69) is 15.9 Å². The summed E-state index contributed by atoms with van der Waals surface area (Å²) in [6, 6.07) is 5.35. The van der Waals surface area contributed by atoms with Crippen molar-refractivity contribution in [3.63, 3.8) is 0 Å². The highest BCUT2D eigenvalue weighted by Gasteiger charge is 1.96. The fourth-order valence-electron chi connectivity index (χ4n) is 1.13. The molecule has 0 spiro atoms. The van der Waals surface area contributed by atoms with E-state index < -0.39 is 0 Å². The summed E-state index contributed by atoms with van der Waals surface area (Å²) in [5, 5.41) is 0.938. The van der Waals surface area contributed by atoms with Gasteiger partial charge in [0.25, 0.3) is 5.56 Å². The molecule has 66 valence electrons. The van der Waals surface area contributed by atoms with Crippen LogP contribution in [0.3, 0.4) is 0 Å². The van der Waals surface area contributed by atoms with E-state index in [9.17, 15) is 4.79 Å². The molecule has 0 amide bonds. The van der Waals surface area contributed by atoms with Crippen molar-refractivity contribution in [2.75, 3.05) is 5.33 Å². The molecule has 0 N–H and O–H groups in total. The Morgan fingerprint density at radius 1 is 1.50 bits per heavy atom. The molecule has 0 radical (unpaired) electrons. The van der Waals surface area contributed by atoms with Gasteiger partial charge in [-0.05, 0) is 19.4 Å². The standard InChI is InChI=1S/C9H12BrNO/c1-8-4-2-5-9(12)11(8)7-3-6-10/h2,4-5H,3,6-7H2,1H3. The second-order valence-electron chi connectivity index (χ2n) is 2.70. The van der Waals surface area contributed by atoms with Crippen LogP contribution >= 0.6 is 15.9 Å². The Labute approximate surface area is 80.3 Å². The summed E-state index contributed by atoms with van der Waals surface area (Å²) in [6.07, 6.45) is 0.991. The maximum Gasteiger partial charge on any atom is 0.250 e. The fraction of sp³-hybridized carbons (Fsp3) is 0.444. The van der Waals surface area contributed by atoms with Crippen LogP contribution in [0.15, 0.2) is 23.0 Å². The molecule has 3 heteroatoms. The van der Waals surface area contributed by atoms with Gasteiger partial charge in [-0.15, -0.1) is 0 Å². The van der Waals surface area contributed by atoms with Crippen molar-refractivity contribution < 1.29 is 0 Å². The van der Waals surface area contributed by atoms with Gasteiger partial charge in [0.15, 0.2) is 0 Å². The third-order valence-electron chi connectivity index (χ3n) is 1.78. The van der Waals surface area contributed by atoms with Gasteiger partial charge in [-0.1, -0.05) is 22.0 Å². The number of hydrogen-bond donors (Lipinski definition) is 0. The molecule has 2 nitrogen and oxygen atoms in total. The molecule has 1 aromatic rings. The van der Waals surface area contributed by atoms with Crippen molar-refractivity contribution in [2.45, 2.75) is 19.9 Å². The van der Waals surface area contributed by atoms with E-state index in [0.717, 1.165) is 24.0 Å². The Balaban J connectivity index is 2.89. The van der Waals surface area contributed by atoms with Crippen LogP contribution in [-0.2, 0) is 6.54 Å². The second-order valence-corrected chi connectivity index (χ2v) is 3.49. The van der Waals surface area contributed by atoms with Crippen LogP contribution in [0.4, 0.5) is 0 Å². The van der Waals surface area contributed by atoms with E-state index in [1.54, 1.807) is 16.7 Å². The molecule has 0 bridgehead atoms. The minimum absolute atomic E-state index is 0.0935. The van der Waals surface area contributed by atoms with E-state index in [0.29, 0.717) is 0 Å². The van der Waals surface area contributed by atoms with Gasteiger partial charge in [0.05, 0.1) is 0 Å². The van der Waals surface area contributed by atoms with E-state index in [1.165, 1.54) is 0 Å². The van der Waals surface area contributed by atoms with Gasteiger partial charge >= 0.3 is 0 Å². The number of halogens is 1. The molecule has 0 saturated heterocycles. The monoisotopic (exact) mass is 229 g/mol. The summed E-state index contributed by atoms with van der Waals surface area (Å²) >= 11 is 3.34. The highest BCUT2D eigenvalue weighted by Crippen LogP contribution is 1.96. The largest absolute Gasteiger partial charge is 0.313 e. The van der Waals surface area contributed by atoms with Gasteiger partial charge in [-0.2, -0.15) is 0 Å². The topological polar surface area (TPSA) is 22.0 Å². The summed E-state index contributed by atoms with van der Waals surface area (Å²) < 4.78 is 1.79. The summed E-state index contributed by atoms with van der Waals surface area (Å²) in [4.78, 5) is 11.3. The molecule has 0 aliphatic heterocycles. The lowest BCUT2D eigenvalue weighted by Crippen LogP contribution is -2.20. The third-order valence-corrected chi connectivity index (χ3v) is 2.34. The van der Waals surface area contributed by atoms with Crippen molar-refractivity contribution in [3.8, 4) is 0 Å². The van der Waals surface area contributed by atoms with Crippen LogP contribution in [0, 0.1) is 6.92 Å². The first-order valence-corrected chi connectivity index (χ1v) is 5.10. The molecule has 0 atom stereocenters. The Morgan fingerprint density at radius 3 is 2.83 bits per heavy atom. The molecule has 1 rings (SSSR count). The minimum Gasteiger partial charge on any atom is -0.313 e. The predicted octanol–water partition coefficient (Wildman–Crippen LogP) is 1.94. The first-order chi connectivity index (χ1) is 5.75. The lowest BCUT2D eigenvalue weighted by Gasteiger charge is -2.06. The fourth-order valence-corrected chi connectivity index (χ4v) is 1.38. The van der Waals surface area contributed by atoms with Crippen LogP contribution in [-0.4, -0.2) is 9.90 Å². The quantitative estimate of drug-likeness (QED) is 0.727. The van der Waals surface area contributed by atoms with E-state index in [4.69, 9.17) is 0 Å². The third kappa shape index (κ3) is 2.21. The average Bonchev–Trinajstić information content (AvgIpc) is 2.04. The Hall–Kier alpha value is -0.570. The Morgan fingerprint density at radius 2 is 2.25 bits per heavy atom. The maximum absolute atomic E-state index is 11.3.